The lowest BCUT2D eigenvalue weighted by molar-refractivity contribution is 0.0120. The molecular formula is C16H24ClN3O2. The van der Waals surface area contributed by atoms with Gasteiger partial charge in [0.2, 0.25) is 0 Å². The molecule has 2 atom stereocenters. The van der Waals surface area contributed by atoms with Crippen molar-refractivity contribution in [3.8, 4) is 0 Å². The second kappa shape index (κ2) is 6.32. The van der Waals surface area contributed by atoms with Gasteiger partial charge in [0.15, 0.2) is 0 Å². The van der Waals surface area contributed by atoms with E-state index in [1.54, 1.807) is 17.2 Å². The Labute approximate surface area is 137 Å². The van der Waals surface area contributed by atoms with E-state index in [1.165, 1.54) is 0 Å². The van der Waals surface area contributed by atoms with Gasteiger partial charge in [0.25, 0.3) is 0 Å². The third-order valence-electron chi connectivity index (χ3n) is 3.89. The zero-order valence-electron chi connectivity index (χ0n) is 13.8. The van der Waals surface area contributed by atoms with Gasteiger partial charge in [0.05, 0.1) is 6.04 Å². The second-order valence-electron chi connectivity index (χ2n) is 6.68. The van der Waals surface area contributed by atoms with Crippen LogP contribution in [-0.2, 0) is 4.74 Å². The molecule has 5 nitrogen and oxygen atoms in total. The molecule has 0 spiro atoms. The summed E-state index contributed by atoms with van der Waals surface area (Å²) >= 11 is 6.05. The molecule has 1 aliphatic heterocycles. The Hall–Kier alpha value is -1.49. The van der Waals surface area contributed by atoms with Crippen LogP contribution in [0.3, 0.4) is 0 Å². The number of halogens is 1. The molecule has 0 bridgehead atoms. The minimum Gasteiger partial charge on any atom is -0.444 e. The highest BCUT2D eigenvalue weighted by Gasteiger charge is 2.36. The Kier molecular flexibility index (Phi) is 4.85. The number of amides is 1. The van der Waals surface area contributed by atoms with Gasteiger partial charge >= 0.3 is 6.09 Å². The molecular weight excluding hydrogens is 302 g/mol. The Morgan fingerprint density at radius 1 is 1.32 bits per heavy atom. The molecule has 22 heavy (non-hydrogen) atoms. The highest BCUT2D eigenvalue weighted by Crippen LogP contribution is 2.25. The van der Waals surface area contributed by atoms with Crippen LogP contribution in [0.5, 0.6) is 0 Å². The van der Waals surface area contributed by atoms with Crippen molar-refractivity contribution in [2.75, 3.05) is 18.0 Å². The van der Waals surface area contributed by atoms with E-state index < -0.39 is 5.60 Å². The van der Waals surface area contributed by atoms with Gasteiger partial charge in [0, 0.05) is 30.4 Å². The van der Waals surface area contributed by atoms with Crippen LogP contribution in [0.2, 0.25) is 5.02 Å². The Morgan fingerprint density at radius 2 is 2.00 bits per heavy atom. The summed E-state index contributed by atoms with van der Waals surface area (Å²) in [6.45, 7) is 11.1. The summed E-state index contributed by atoms with van der Waals surface area (Å²) in [5.74, 6) is 0.843. The van der Waals surface area contributed by atoms with Gasteiger partial charge in [-0.05, 0) is 46.8 Å². The molecule has 1 fully saturated rings. The van der Waals surface area contributed by atoms with E-state index >= 15 is 0 Å². The Bertz CT molecular complexity index is 544. The van der Waals surface area contributed by atoms with E-state index in [4.69, 9.17) is 16.3 Å². The van der Waals surface area contributed by atoms with Gasteiger partial charge in [-0.1, -0.05) is 11.6 Å². The molecule has 1 aromatic heterocycles. The van der Waals surface area contributed by atoms with E-state index in [0.29, 0.717) is 18.1 Å². The average molecular weight is 326 g/mol. The summed E-state index contributed by atoms with van der Waals surface area (Å²) in [7, 11) is 0. The molecule has 1 aromatic rings. The molecule has 0 unspecified atom stereocenters. The van der Waals surface area contributed by atoms with E-state index in [2.05, 4.69) is 16.8 Å². The average Bonchev–Trinajstić information content (AvgIpc) is 2.39. The van der Waals surface area contributed by atoms with Crippen LogP contribution < -0.4 is 4.90 Å². The largest absolute Gasteiger partial charge is 0.444 e. The molecule has 0 aliphatic carbocycles. The minimum atomic E-state index is -0.480. The standard InChI is InChI=1S/C16H24ClN3O2/c1-11-12(2)20(15(21)22-16(3,4)5)9-8-19(11)14-10-13(17)6-7-18-14/h6-7,10-12H,8-9H2,1-5H3/t11-,12-/m0/s1. The smallest absolute Gasteiger partial charge is 0.410 e. The lowest BCUT2D eigenvalue weighted by Crippen LogP contribution is -2.59. The van der Waals surface area contributed by atoms with Crippen LogP contribution in [0.15, 0.2) is 18.3 Å². The number of rotatable bonds is 1. The number of piperazine rings is 1. The fraction of sp³-hybridized carbons (Fsp3) is 0.625. The van der Waals surface area contributed by atoms with Crippen molar-refractivity contribution in [1.82, 2.24) is 9.88 Å². The van der Waals surface area contributed by atoms with Gasteiger partial charge in [0.1, 0.15) is 11.4 Å². The van der Waals surface area contributed by atoms with Crippen molar-refractivity contribution in [2.45, 2.75) is 52.3 Å². The Balaban J connectivity index is 2.11. The van der Waals surface area contributed by atoms with Gasteiger partial charge in [-0.2, -0.15) is 0 Å². The van der Waals surface area contributed by atoms with E-state index in [-0.39, 0.29) is 18.2 Å². The van der Waals surface area contributed by atoms with Gasteiger partial charge in [-0.25, -0.2) is 9.78 Å². The molecule has 0 N–H and O–H groups in total. The molecule has 0 aromatic carbocycles. The van der Waals surface area contributed by atoms with E-state index in [9.17, 15) is 4.79 Å². The molecule has 0 radical (unpaired) electrons. The van der Waals surface area contributed by atoms with Gasteiger partial charge < -0.3 is 14.5 Å². The van der Waals surface area contributed by atoms with Crippen molar-refractivity contribution in [2.24, 2.45) is 0 Å². The first kappa shape index (κ1) is 16.9. The van der Waals surface area contributed by atoms with Crippen molar-refractivity contribution >= 4 is 23.5 Å². The number of nitrogens with zero attached hydrogens (tertiary/aromatic N) is 3. The topological polar surface area (TPSA) is 45.7 Å². The summed E-state index contributed by atoms with van der Waals surface area (Å²) in [6.07, 6.45) is 1.44. The molecule has 1 amide bonds. The van der Waals surface area contributed by atoms with Crippen molar-refractivity contribution < 1.29 is 9.53 Å². The van der Waals surface area contributed by atoms with Gasteiger partial charge in [-0.15, -0.1) is 0 Å². The van der Waals surface area contributed by atoms with Crippen LogP contribution in [0.1, 0.15) is 34.6 Å². The molecule has 1 aliphatic rings. The monoisotopic (exact) mass is 325 g/mol. The number of carbonyl (C=O) groups excluding carboxylic acids is 1. The van der Waals surface area contributed by atoms with E-state index in [1.807, 2.05) is 33.8 Å². The fourth-order valence-corrected chi connectivity index (χ4v) is 2.75. The summed E-state index contributed by atoms with van der Waals surface area (Å²) in [4.78, 5) is 20.7. The van der Waals surface area contributed by atoms with Crippen LogP contribution >= 0.6 is 11.6 Å². The maximum absolute atomic E-state index is 12.3. The van der Waals surface area contributed by atoms with Crippen molar-refractivity contribution in [3.63, 3.8) is 0 Å². The molecule has 0 saturated carbocycles. The third kappa shape index (κ3) is 3.83. The lowest BCUT2D eigenvalue weighted by Gasteiger charge is -2.45. The third-order valence-corrected chi connectivity index (χ3v) is 4.13. The zero-order valence-corrected chi connectivity index (χ0v) is 14.6. The first-order chi connectivity index (χ1) is 10.2. The van der Waals surface area contributed by atoms with Crippen molar-refractivity contribution in [1.29, 1.82) is 0 Å². The predicted octanol–water partition coefficient (Wildman–Crippen LogP) is 3.57. The second-order valence-corrected chi connectivity index (χ2v) is 7.12. The number of pyridine rings is 1. The maximum atomic E-state index is 12.3. The minimum absolute atomic E-state index is 0.0318. The normalized spacial score (nSPS) is 22.6. The number of hydrogen-bond acceptors (Lipinski definition) is 4. The summed E-state index contributed by atoms with van der Waals surface area (Å²) in [6, 6.07) is 3.78. The summed E-state index contributed by atoms with van der Waals surface area (Å²) in [5.41, 5.74) is -0.480. The zero-order chi connectivity index (χ0) is 16.5. The number of aromatic nitrogens is 1. The summed E-state index contributed by atoms with van der Waals surface area (Å²) < 4.78 is 5.49. The fourth-order valence-electron chi connectivity index (χ4n) is 2.60. The molecule has 6 heteroatoms. The van der Waals surface area contributed by atoms with Crippen molar-refractivity contribution in [3.05, 3.63) is 23.4 Å². The number of anilines is 1. The van der Waals surface area contributed by atoms with E-state index in [0.717, 1.165) is 5.82 Å². The first-order valence-electron chi connectivity index (χ1n) is 7.57. The molecule has 122 valence electrons. The highest BCUT2D eigenvalue weighted by atomic mass is 35.5. The summed E-state index contributed by atoms with van der Waals surface area (Å²) in [5, 5.41) is 0.666. The SMILES string of the molecule is C[C@H]1[C@H](C)N(c2cc(Cl)ccn2)CCN1C(=O)OC(C)(C)C. The first-order valence-corrected chi connectivity index (χ1v) is 7.94. The maximum Gasteiger partial charge on any atom is 0.410 e. The lowest BCUT2D eigenvalue weighted by atomic mass is 10.1. The quantitative estimate of drug-likeness (QED) is 0.792. The predicted molar refractivity (Wildman–Crippen MR) is 88.5 cm³/mol. The molecule has 2 heterocycles. The van der Waals surface area contributed by atoms with Crippen LogP contribution in [0.25, 0.3) is 0 Å². The molecule has 2 rings (SSSR count). The molecule has 1 saturated heterocycles. The number of ether oxygens (including phenoxy) is 1. The highest BCUT2D eigenvalue weighted by molar-refractivity contribution is 6.30. The van der Waals surface area contributed by atoms with Gasteiger partial charge in [-0.3, -0.25) is 0 Å². The number of hydrogen-bond donors (Lipinski definition) is 0. The van der Waals surface area contributed by atoms with Crippen LogP contribution in [-0.4, -0.2) is 46.8 Å². The Morgan fingerprint density at radius 3 is 2.59 bits per heavy atom. The van der Waals surface area contributed by atoms with Crippen LogP contribution in [0, 0.1) is 0 Å². The number of carbonyl (C=O) groups is 1. The van der Waals surface area contributed by atoms with Crippen LogP contribution in [0.4, 0.5) is 10.6 Å².